The molecule has 3 nitrogen and oxygen atoms in total. The van der Waals surface area contributed by atoms with Gasteiger partial charge in [0, 0.05) is 10.7 Å². The zero-order valence-corrected chi connectivity index (χ0v) is 12.2. The Hall–Kier alpha value is -1.86. The average molecular weight is 316 g/mol. The summed E-state index contributed by atoms with van der Waals surface area (Å²) >= 11 is 3.36. The lowest BCUT2D eigenvalue weighted by Crippen LogP contribution is -2.06. The largest absolute Gasteiger partial charge is 0.378 e. The first-order valence-corrected chi connectivity index (χ1v) is 6.90. The van der Waals surface area contributed by atoms with Crippen LogP contribution in [-0.2, 0) is 13.0 Å². The van der Waals surface area contributed by atoms with Gasteiger partial charge in [0.1, 0.15) is 6.07 Å². The summed E-state index contributed by atoms with van der Waals surface area (Å²) < 4.78 is 0.904. The molecule has 0 amide bonds. The van der Waals surface area contributed by atoms with E-state index in [4.69, 9.17) is 5.26 Å². The highest BCUT2D eigenvalue weighted by Crippen LogP contribution is 2.21. The molecule has 1 aromatic carbocycles. The van der Waals surface area contributed by atoms with Crippen LogP contribution in [0.4, 0.5) is 5.69 Å². The van der Waals surface area contributed by atoms with Gasteiger partial charge in [-0.3, -0.25) is 4.98 Å². The number of rotatable bonds is 4. The first-order valence-electron chi connectivity index (χ1n) is 6.11. The number of nitriles is 1. The van der Waals surface area contributed by atoms with Crippen LogP contribution in [0.2, 0.25) is 0 Å². The Morgan fingerprint density at radius 1 is 1.37 bits per heavy atom. The summed E-state index contributed by atoms with van der Waals surface area (Å²) in [6.07, 6.45) is 2.75. The molecule has 96 valence electrons. The number of hydrogen-bond acceptors (Lipinski definition) is 3. The van der Waals surface area contributed by atoms with Crippen LogP contribution in [0.5, 0.6) is 0 Å². The summed E-state index contributed by atoms with van der Waals surface area (Å²) in [5.41, 5.74) is 3.71. The molecule has 0 spiro atoms. The second-order valence-electron chi connectivity index (χ2n) is 4.12. The Bertz CT molecular complexity index is 617. The van der Waals surface area contributed by atoms with Crippen molar-refractivity contribution in [2.45, 2.75) is 19.9 Å². The molecule has 0 radical (unpaired) electrons. The van der Waals surface area contributed by atoms with Crippen LogP contribution in [0, 0.1) is 11.3 Å². The van der Waals surface area contributed by atoms with E-state index in [9.17, 15) is 0 Å². The molecule has 0 aliphatic heterocycles. The van der Waals surface area contributed by atoms with Crippen molar-refractivity contribution in [3.8, 4) is 6.07 Å². The van der Waals surface area contributed by atoms with Crippen LogP contribution >= 0.6 is 15.9 Å². The first kappa shape index (κ1) is 13.6. The number of halogens is 1. The van der Waals surface area contributed by atoms with Gasteiger partial charge in [0.15, 0.2) is 0 Å². The molecule has 19 heavy (non-hydrogen) atoms. The van der Waals surface area contributed by atoms with Crippen molar-refractivity contribution in [1.29, 1.82) is 5.26 Å². The summed E-state index contributed by atoms with van der Waals surface area (Å²) in [6.45, 7) is 2.74. The fourth-order valence-corrected chi connectivity index (χ4v) is 2.26. The quantitative estimate of drug-likeness (QED) is 0.931. The summed E-state index contributed by atoms with van der Waals surface area (Å²) in [5, 5.41) is 12.4. The van der Waals surface area contributed by atoms with Crippen LogP contribution < -0.4 is 5.32 Å². The van der Waals surface area contributed by atoms with Crippen molar-refractivity contribution in [3.63, 3.8) is 0 Å². The number of benzene rings is 1. The Labute approximate surface area is 121 Å². The van der Waals surface area contributed by atoms with Gasteiger partial charge < -0.3 is 5.32 Å². The molecule has 0 aliphatic rings. The van der Waals surface area contributed by atoms with Crippen molar-refractivity contribution in [1.82, 2.24) is 4.98 Å². The molecule has 2 rings (SSSR count). The monoisotopic (exact) mass is 315 g/mol. The van der Waals surface area contributed by atoms with Gasteiger partial charge >= 0.3 is 0 Å². The van der Waals surface area contributed by atoms with E-state index >= 15 is 0 Å². The van der Waals surface area contributed by atoms with Gasteiger partial charge in [0.25, 0.3) is 0 Å². The number of nitrogens with one attached hydrogen (secondary N) is 1. The maximum absolute atomic E-state index is 9.11. The summed E-state index contributed by atoms with van der Waals surface area (Å²) in [6, 6.07) is 11.8. The van der Waals surface area contributed by atoms with Crippen LogP contribution in [0.15, 0.2) is 41.0 Å². The zero-order valence-electron chi connectivity index (χ0n) is 10.7. The highest BCUT2D eigenvalue weighted by atomic mass is 79.9. The third kappa shape index (κ3) is 3.33. The van der Waals surface area contributed by atoms with Crippen molar-refractivity contribution >= 4 is 21.6 Å². The van der Waals surface area contributed by atoms with E-state index in [2.05, 4.69) is 45.3 Å². The lowest BCUT2D eigenvalue weighted by molar-refractivity contribution is 0.971. The van der Waals surface area contributed by atoms with Gasteiger partial charge in [-0.15, -0.1) is 0 Å². The van der Waals surface area contributed by atoms with Crippen molar-refractivity contribution in [2.75, 3.05) is 5.32 Å². The molecule has 1 heterocycles. The van der Waals surface area contributed by atoms with E-state index in [0.717, 1.165) is 22.3 Å². The maximum atomic E-state index is 9.11. The van der Waals surface area contributed by atoms with E-state index in [-0.39, 0.29) is 0 Å². The third-order valence-corrected chi connectivity index (χ3v) is 3.41. The second-order valence-corrected chi connectivity index (χ2v) is 5.03. The molecule has 0 aliphatic carbocycles. The van der Waals surface area contributed by atoms with Gasteiger partial charge in [0.05, 0.1) is 23.5 Å². The van der Waals surface area contributed by atoms with Crippen molar-refractivity contribution < 1.29 is 0 Å². The molecule has 4 heteroatoms. The fourth-order valence-electron chi connectivity index (χ4n) is 1.89. The number of pyridine rings is 1. The maximum Gasteiger partial charge on any atom is 0.101 e. The number of hydrogen-bond donors (Lipinski definition) is 1. The van der Waals surface area contributed by atoms with Gasteiger partial charge in [-0.05, 0) is 36.2 Å². The summed E-state index contributed by atoms with van der Waals surface area (Å²) in [7, 11) is 0. The van der Waals surface area contributed by atoms with Crippen LogP contribution in [-0.4, -0.2) is 4.98 Å². The SMILES string of the molecule is CCc1cccnc1CNc1ccc(Br)cc1C#N. The van der Waals surface area contributed by atoms with E-state index in [1.807, 2.05) is 24.3 Å². The Morgan fingerprint density at radius 3 is 2.95 bits per heavy atom. The lowest BCUT2D eigenvalue weighted by atomic mass is 10.1. The summed E-state index contributed by atoms with van der Waals surface area (Å²) in [4.78, 5) is 4.38. The van der Waals surface area contributed by atoms with Crippen LogP contribution in [0.1, 0.15) is 23.7 Å². The fraction of sp³-hybridized carbons (Fsp3) is 0.200. The minimum atomic E-state index is 0.625. The highest BCUT2D eigenvalue weighted by molar-refractivity contribution is 9.10. The second kappa shape index (κ2) is 6.35. The minimum absolute atomic E-state index is 0.625. The van der Waals surface area contributed by atoms with Gasteiger partial charge in [0.2, 0.25) is 0 Å². The molecule has 0 unspecified atom stereocenters. The van der Waals surface area contributed by atoms with Gasteiger partial charge in [-0.2, -0.15) is 5.26 Å². The van der Waals surface area contributed by atoms with Gasteiger partial charge in [-0.1, -0.05) is 28.9 Å². The molecule has 0 saturated heterocycles. The third-order valence-electron chi connectivity index (χ3n) is 2.91. The number of aryl methyl sites for hydroxylation is 1. The zero-order chi connectivity index (χ0) is 13.7. The number of aromatic nitrogens is 1. The molecule has 0 saturated carbocycles. The van der Waals surface area contributed by atoms with Crippen molar-refractivity contribution in [3.05, 3.63) is 57.8 Å². The normalized spacial score (nSPS) is 9.95. The molecular weight excluding hydrogens is 302 g/mol. The number of anilines is 1. The predicted molar refractivity (Wildman–Crippen MR) is 79.8 cm³/mol. The lowest BCUT2D eigenvalue weighted by Gasteiger charge is -2.10. The number of nitrogens with zero attached hydrogens (tertiary/aromatic N) is 2. The van der Waals surface area contributed by atoms with E-state index in [0.29, 0.717) is 12.1 Å². The average Bonchev–Trinajstić information content (AvgIpc) is 2.46. The van der Waals surface area contributed by atoms with Crippen molar-refractivity contribution in [2.24, 2.45) is 0 Å². The molecule has 0 atom stereocenters. The minimum Gasteiger partial charge on any atom is -0.378 e. The molecule has 1 N–H and O–H groups in total. The Kier molecular flexibility index (Phi) is 4.53. The Morgan fingerprint density at radius 2 is 2.21 bits per heavy atom. The Balaban J connectivity index is 2.17. The smallest absolute Gasteiger partial charge is 0.101 e. The topological polar surface area (TPSA) is 48.7 Å². The van der Waals surface area contributed by atoms with E-state index in [1.165, 1.54) is 5.56 Å². The molecule has 0 fully saturated rings. The van der Waals surface area contributed by atoms with Crippen LogP contribution in [0.25, 0.3) is 0 Å². The highest BCUT2D eigenvalue weighted by Gasteiger charge is 2.05. The molecule has 1 aromatic heterocycles. The first-order chi connectivity index (χ1) is 9.24. The molecule has 2 aromatic rings. The van der Waals surface area contributed by atoms with E-state index < -0.39 is 0 Å². The van der Waals surface area contributed by atoms with Gasteiger partial charge in [-0.25, -0.2) is 0 Å². The van der Waals surface area contributed by atoms with E-state index in [1.54, 1.807) is 6.20 Å². The molecular formula is C15H14BrN3. The standard InChI is InChI=1S/C15H14BrN3/c1-2-11-4-3-7-18-15(11)10-19-14-6-5-13(16)8-12(14)9-17/h3-8,19H,2,10H2,1H3. The molecule has 0 bridgehead atoms. The summed E-state index contributed by atoms with van der Waals surface area (Å²) in [5.74, 6) is 0. The van der Waals surface area contributed by atoms with Crippen LogP contribution in [0.3, 0.4) is 0 Å². The predicted octanol–water partition coefficient (Wildman–Crippen LogP) is 3.89.